The molecule has 0 N–H and O–H groups in total. The summed E-state index contributed by atoms with van der Waals surface area (Å²) in [7, 11) is -3.73. The zero-order valence-corrected chi connectivity index (χ0v) is 35.7. The summed E-state index contributed by atoms with van der Waals surface area (Å²) in [4.78, 5) is 0. The Morgan fingerprint density at radius 2 is 1.19 bits per heavy atom. The van der Waals surface area contributed by atoms with E-state index in [1.807, 2.05) is 6.07 Å². The fourth-order valence-corrected chi connectivity index (χ4v) is 18.0. The van der Waals surface area contributed by atoms with Crippen LogP contribution in [-0.4, -0.2) is 55.3 Å². The van der Waals surface area contributed by atoms with E-state index in [0.29, 0.717) is 24.9 Å². The number of allylic oxidation sites excluding steroid dienone is 3. The third-order valence-corrected chi connectivity index (χ3v) is 20.2. The van der Waals surface area contributed by atoms with Crippen LogP contribution >= 0.6 is 0 Å². The maximum atomic E-state index is 7.43. The van der Waals surface area contributed by atoms with E-state index in [2.05, 4.69) is 107 Å². The standard InChI is InChI=1S/C45H72O5Si2/c1-7-22-44(30-17-15-13-11-9-10-12-14-16-24-38-26-20-28-40(32-38)46-34-42-36-48-42)51(3,4)50-52(5,6)45(23-8-2)31-19-18-25-39-27-21-29-41(33-39)47-35-43-37-49-43/h13,15,18,20-21,25-29,32-33,42-45H,7-12,14,16-17,19,22-24,30-31,34-37H2,1-6H3/b15-13-,25-18+. The SMILES string of the molecule is CCCC(CC/C=C\CCCCCCCc1cccc(OCC2CO2)c1)[Si](C)(C)O[Si](C)(C)C(CCC)CC/C=C/c1cccc(OCC2CO2)c1. The number of rotatable bonds is 29. The fraction of sp³-hybridized carbons (Fsp3) is 0.644. The van der Waals surface area contributed by atoms with Crippen LogP contribution in [-0.2, 0) is 20.0 Å². The highest BCUT2D eigenvalue weighted by molar-refractivity contribution is 6.86. The van der Waals surface area contributed by atoms with E-state index in [9.17, 15) is 0 Å². The molecule has 5 nitrogen and oxygen atoms in total. The van der Waals surface area contributed by atoms with Gasteiger partial charge in [-0.15, -0.1) is 0 Å². The molecule has 7 heteroatoms. The summed E-state index contributed by atoms with van der Waals surface area (Å²) in [6.07, 6.45) is 28.8. The number of hydrogen-bond acceptors (Lipinski definition) is 5. The normalized spacial score (nSPS) is 18.6. The molecule has 4 rings (SSSR count). The van der Waals surface area contributed by atoms with Gasteiger partial charge in [-0.05, 0) is 124 Å². The number of ether oxygens (including phenoxy) is 4. The molecule has 0 saturated carbocycles. The Bertz CT molecular complexity index is 1330. The van der Waals surface area contributed by atoms with E-state index < -0.39 is 16.6 Å². The molecule has 0 amide bonds. The van der Waals surface area contributed by atoms with Gasteiger partial charge in [0.25, 0.3) is 0 Å². The first-order valence-corrected chi connectivity index (χ1v) is 26.8. The molecule has 0 spiro atoms. The summed E-state index contributed by atoms with van der Waals surface area (Å²) < 4.78 is 29.7. The smallest absolute Gasteiger partial charge is 0.176 e. The van der Waals surface area contributed by atoms with Gasteiger partial charge in [0.2, 0.25) is 0 Å². The van der Waals surface area contributed by atoms with Crippen molar-refractivity contribution in [3.8, 4) is 11.5 Å². The monoisotopic (exact) mass is 748 g/mol. The van der Waals surface area contributed by atoms with Crippen LogP contribution in [0.3, 0.4) is 0 Å². The predicted octanol–water partition coefficient (Wildman–Crippen LogP) is 12.7. The van der Waals surface area contributed by atoms with E-state index in [-0.39, 0.29) is 6.10 Å². The van der Waals surface area contributed by atoms with Crippen LogP contribution in [0.2, 0.25) is 37.3 Å². The van der Waals surface area contributed by atoms with Crippen molar-refractivity contribution in [3.63, 3.8) is 0 Å². The van der Waals surface area contributed by atoms with Crippen molar-refractivity contribution in [2.45, 2.75) is 160 Å². The van der Waals surface area contributed by atoms with Crippen molar-refractivity contribution in [1.82, 2.24) is 0 Å². The lowest BCUT2D eigenvalue weighted by Gasteiger charge is -2.43. The van der Waals surface area contributed by atoms with Gasteiger partial charge in [-0.25, -0.2) is 0 Å². The Hall–Kier alpha value is -2.17. The van der Waals surface area contributed by atoms with Crippen molar-refractivity contribution in [2.24, 2.45) is 0 Å². The molecule has 2 aromatic carbocycles. The third kappa shape index (κ3) is 16.9. The number of unbranched alkanes of at least 4 members (excludes halogenated alkanes) is 5. The highest BCUT2D eigenvalue weighted by Crippen LogP contribution is 2.40. The average Bonchev–Trinajstić information content (AvgIpc) is 4.06. The largest absolute Gasteiger partial charge is 0.491 e. The second kappa shape index (κ2) is 22.9. The van der Waals surface area contributed by atoms with Crippen molar-refractivity contribution in [2.75, 3.05) is 26.4 Å². The molecule has 0 aliphatic carbocycles. The van der Waals surface area contributed by atoms with Crippen molar-refractivity contribution in [3.05, 3.63) is 77.9 Å². The number of hydrogen-bond donors (Lipinski definition) is 0. The molecule has 4 atom stereocenters. The third-order valence-electron chi connectivity index (χ3n) is 10.9. The summed E-state index contributed by atoms with van der Waals surface area (Å²) in [5, 5.41) is 0. The number of epoxide rings is 2. The summed E-state index contributed by atoms with van der Waals surface area (Å²) in [6.45, 7) is 17.7. The van der Waals surface area contributed by atoms with Gasteiger partial charge in [-0.3, -0.25) is 0 Å². The van der Waals surface area contributed by atoms with Gasteiger partial charge in [-0.2, -0.15) is 0 Å². The molecule has 290 valence electrons. The van der Waals surface area contributed by atoms with Crippen molar-refractivity contribution in [1.29, 1.82) is 0 Å². The maximum Gasteiger partial charge on any atom is 0.176 e. The quantitative estimate of drug-likeness (QED) is 0.0359. The number of aryl methyl sites for hydroxylation is 1. The Labute approximate surface area is 320 Å². The minimum absolute atomic E-state index is 0.280. The van der Waals surface area contributed by atoms with Gasteiger partial charge in [-0.1, -0.05) is 107 Å². The van der Waals surface area contributed by atoms with Crippen LogP contribution in [0.15, 0.2) is 66.8 Å². The molecular formula is C45H72O5Si2. The molecule has 2 aromatic rings. The first kappa shape index (κ1) is 42.6. The second-order valence-electron chi connectivity index (χ2n) is 16.4. The molecule has 52 heavy (non-hydrogen) atoms. The van der Waals surface area contributed by atoms with Gasteiger partial charge < -0.3 is 23.1 Å². The Morgan fingerprint density at radius 3 is 1.81 bits per heavy atom. The molecule has 2 aliphatic heterocycles. The van der Waals surface area contributed by atoms with Crippen molar-refractivity contribution < 1.29 is 23.1 Å². The zero-order chi connectivity index (χ0) is 37.1. The summed E-state index contributed by atoms with van der Waals surface area (Å²) in [5.74, 6) is 1.90. The topological polar surface area (TPSA) is 52.8 Å². The molecule has 2 aliphatic rings. The van der Waals surface area contributed by atoms with Crippen LogP contribution in [0, 0.1) is 0 Å². The molecule has 2 fully saturated rings. The molecular weight excluding hydrogens is 677 g/mol. The molecule has 4 unspecified atom stereocenters. The Balaban J connectivity index is 1.12. The van der Waals surface area contributed by atoms with E-state index in [4.69, 9.17) is 23.1 Å². The molecule has 2 heterocycles. The zero-order valence-electron chi connectivity index (χ0n) is 33.7. The van der Waals surface area contributed by atoms with E-state index in [1.54, 1.807) is 0 Å². The van der Waals surface area contributed by atoms with Gasteiger partial charge in [0, 0.05) is 0 Å². The predicted molar refractivity (Wildman–Crippen MR) is 225 cm³/mol. The lowest BCUT2D eigenvalue weighted by molar-refractivity contribution is 0.263. The van der Waals surface area contributed by atoms with Crippen LogP contribution < -0.4 is 9.47 Å². The van der Waals surface area contributed by atoms with E-state index >= 15 is 0 Å². The highest BCUT2D eigenvalue weighted by Gasteiger charge is 2.42. The van der Waals surface area contributed by atoms with Crippen molar-refractivity contribution >= 4 is 22.7 Å². The maximum absolute atomic E-state index is 7.43. The Morgan fingerprint density at radius 1 is 0.654 bits per heavy atom. The molecule has 0 radical (unpaired) electrons. The highest BCUT2D eigenvalue weighted by atomic mass is 28.4. The van der Waals surface area contributed by atoms with Gasteiger partial charge in [0.1, 0.15) is 36.9 Å². The first-order valence-electron chi connectivity index (χ1n) is 20.9. The van der Waals surface area contributed by atoms with Crippen LogP contribution in [0.5, 0.6) is 11.5 Å². The van der Waals surface area contributed by atoms with E-state index in [0.717, 1.165) is 43.1 Å². The number of benzene rings is 2. The molecule has 0 aromatic heterocycles. The van der Waals surface area contributed by atoms with Crippen LogP contribution in [0.4, 0.5) is 0 Å². The second-order valence-corrected chi connectivity index (χ2v) is 25.2. The van der Waals surface area contributed by atoms with Crippen LogP contribution in [0.1, 0.15) is 115 Å². The summed E-state index contributed by atoms with van der Waals surface area (Å²) in [6, 6.07) is 17.0. The molecule has 2 saturated heterocycles. The summed E-state index contributed by atoms with van der Waals surface area (Å²) in [5.41, 5.74) is 3.99. The lowest BCUT2D eigenvalue weighted by Crippen LogP contribution is -2.50. The van der Waals surface area contributed by atoms with Gasteiger partial charge >= 0.3 is 0 Å². The average molecular weight is 749 g/mol. The molecule has 0 bridgehead atoms. The minimum atomic E-state index is -1.87. The van der Waals surface area contributed by atoms with Gasteiger partial charge in [0.15, 0.2) is 16.6 Å². The van der Waals surface area contributed by atoms with E-state index in [1.165, 1.54) is 94.6 Å². The lowest BCUT2D eigenvalue weighted by atomic mass is 10.0. The first-order chi connectivity index (χ1) is 25.2. The van der Waals surface area contributed by atoms with Gasteiger partial charge in [0.05, 0.1) is 13.2 Å². The van der Waals surface area contributed by atoms with Crippen LogP contribution in [0.25, 0.3) is 6.08 Å². The fourth-order valence-electron chi connectivity index (χ4n) is 7.60. The summed E-state index contributed by atoms with van der Waals surface area (Å²) >= 11 is 0. The Kier molecular flexibility index (Phi) is 18.8. The minimum Gasteiger partial charge on any atom is -0.491 e.